The number of amides is 1. The van der Waals surface area contributed by atoms with Gasteiger partial charge in [0, 0.05) is 10.6 Å². The van der Waals surface area contributed by atoms with Crippen LogP contribution in [0.3, 0.4) is 0 Å². The number of rotatable bonds is 11. The van der Waals surface area contributed by atoms with Gasteiger partial charge in [-0.1, -0.05) is 38.3 Å². The molecule has 2 unspecified atom stereocenters. The number of anilines is 1. The van der Waals surface area contributed by atoms with E-state index in [1.54, 1.807) is 17.0 Å². The van der Waals surface area contributed by atoms with Crippen LogP contribution >= 0.6 is 11.3 Å². The Hall–Kier alpha value is -2.26. The molecule has 1 fully saturated rings. The number of aliphatic hydroxyl groups excluding tert-OH is 2. The van der Waals surface area contributed by atoms with E-state index in [-0.39, 0.29) is 31.5 Å². The van der Waals surface area contributed by atoms with Gasteiger partial charge in [0.2, 0.25) is 5.91 Å². The lowest BCUT2D eigenvalue weighted by molar-refractivity contribution is -0.117. The third-order valence-electron chi connectivity index (χ3n) is 5.65. The van der Waals surface area contributed by atoms with Crippen LogP contribution in [0.2, 0.25) is 0 Å². The Morgan fingerprint density at radius 2 is 1.97 bits per heavy atom. The highest BCUT2D eigenvalue weighted by Crippen LogP contribution is 2.30. The van der Waals surface area contributed by atoms with Crippen molar-refractivity contribution < 1.29 is 29.3 Å². The SMILES string of the molecule is CCCCCC(O)c1ccc(N2C(=O)CC(O)[C@@H]2COCc2ccc(C(=O)OC)s2)cc1. The molecule has 8 heteroatoms. The fourth-order valence-electron chi connectivity index (χ4n) is 3.85. The number of carbonyl (C=O) groups excluding carboxylic acids is 2. The van der Waals surface area contributed by atoms with Crippen LogP contribution < -0.4 is 4.90 Å². The van der Waals surface area contributed by atoms with Gasteiger partial charge in [0.05, 0.1) is 45.0 Å². The number of hydrogen-bond acceptors (Lipinski definition) is 7. The number of carbonyl (C=O) groups is 2. The van der Waals surface area contributed by atoms with Crippen molar-refractivity contribution in [3.8, 4) is 0 Å². The molecule has 7 nitrogen and oxygen atoms in total. The molecular weight excluding hydrogens is 430 g/mol. The van der Waals surface area contributed by atoms with Crippen molar-refractivity contribution in [3.05, 3.63) is 51.7 Å². The summed E-state index contributed by atoms with van der Waals surface area (Å²) in [5.74, 6) is -0.547. The predicted molar refractivity (Wildman–Crippen MR) is 123 cm³/mol. The summed E-state index contributed by atoms with van der Waals surface area (Å²) in [4.78, 5) is 27.1. The van der Waals surface area contributed by atoms with Gasteiger partial charge in [-0.3, -0.25) is 4.79 Å². The van der Waals surface area contributed by atoms with E-state index in [2.05, 4.69) is 6.92 Å². The zero-order valence-corrected chi connectivity index (χ0v) is 19.3. The van der Waals surface area contributed by atoms with Crippen molar-refractivity contribution in [2.45, 2.75) is 63.9 Å². The van der Waals surface area contributed by atoms with Crippen LogP contribution in [0.5, 0.6) is 0 Å². The second kappa shape index (κ2) is 11.6. The Labute approximate surface area is 192 Å². The van der Waals surface area contributed by atoms with Crippen LogP contribution in [-0.4, -0.2) is 48.0 Å². The maximum atomic E-state index is 12.5. The molecule has 3 rings (SSSR count). The summed E-state index contributed by atoms with van der Waals surface area (Å²) >= 11 is 1.29. The number of benzene rings is 1. The summed E-state index contributed by atoms with van der Waals surface area (Å²) in [6.07, 6.45) is 2.58. The van der Waals surface area contributed by atoms with E-state index in [4.69, 9.17) is 9.47 Å². The minimum atomic E-state index is -0.823. The molecule has 0 spiro atoms. The lowest BCUT2D eigenvalue weighted by Crippen LogP contribution is -2.40. The molecule has 2 heterocycles. The van der Waals surface area contributed by atoms with Crippen LogP contribution in [0, 0.1) is 0 Å². The van der Waals surface area contributed by atoms with Gasteiger partial charge < -0.3 is 24.6 Å². The normalized spacial score (nSPS) is 19.4. The lowest BCUT2D eigenvalue weighted by atomic mass is 10.0. The summed E-state index contributed by atoms with van der Waals surface area (Å²) < 4.78 is 10.5. The smallest absolute Gasteiger partial charge is 0.348 e. The van der Waals surface area contributed by atoms with Crippen molar-refractivity contribution in [1.29, 1.82) is 0 Å². The molecule has 0 saturated carbocycles. The van der Waals surface area contributed by atoms with Crippen molar-refractivity contribution in [2.75, 3.05) is 18.6 Å². The molecule has 0 aliphatic carbocycles. The highest BCUT2D eigenvalue weighted by Gasteiger charge is 2.39. The van der Waals surface area contributed by atoms with Crippen molar-refractivity contribution >= 4 is 28.9 Å². The molecule has 1 amide bonds. The molecule has 32 heavy (non-hydrogen) atoms. The number of esters is 1. The van der Waals surface area contributed by atoms with Gasteiger partial charge in [0.25, 0.3) is 0 Å². The van der Waals surface area contributed by atoms with Crippen LogP contribution in [0.1, 0.15) is 65.2 Å². The second-order valence-electron chi connectivity index (χ2n) is 7.98. The maximum absolute atomic E-state index is 12.5. The fourth-order valence-corrected chi connectivity index (χ4v) is 4.71. The number of unbranched alkanes of at least 4 members (excludes halogenated alkanes) is 2. The third-order valence-corrected chi connectivity index (χ3v) is 6.69. The molecule has 0 radical (unpaired) electrons. The first-order chi connectivity index (χ1) is 15.4. The molecule has 1 aliphatic rings. The van der Waals surface area contributed by atoms with Crippen LogP contribution in [0.15, 0.2) is 36.4 Å². The van der Waals surface area contributed by atoms with Crippen molar-refractivity contribution in [1.82, 2.24) is 0 Å². The van der Waals surface area contributed by atoms with Gasteiger partial charge in [0.1, 0.15) is 4.88 Å². The van der Waals surface area contributed by atoms with Crippen LogP contribution in [-0.2, 0) is 20.9 Å². The maximum Gasteiger partial charge on any atom is 0.348 e. The quantitative estimate of drug-likeness (QED) is 0.390. The van der Waals surface area contributed by atoms with E-state index >= 15 is 0 Å². The van der Waals surface area contributed by atoms with E-state index in [1.807, 2.05) is 24.3 Å². The molecule has 2 aromatic rings. The summed E-state index contributed by atoms with van der Waals surface area (Å²) in [7, 11) is 1.34. The largest absolute Gasteiger partial charge is 0.465 e. The van der Waals surface area contributed by atoms with Crippen molar-refractivity contribution in [2.24, 2.45) is 0 Å². The zero-order valence-electron chi connectivity index (χ0n) is 18.5. The highest BCUT2D eigenvalue weighted by molar-refractivity contribution is 7.13. The van der Waals surface area contributed by atoms with Crippen molar-refractivity contribution in [3.63, 3.8) is 0 Å². The van der Waals surface area contributed by atoms with E-state index in [1.165, 1.54) is 18.4 Å². The van der Waals surface area contributed by atoms with Gasteiger partial charge in [-0.25, -0.2) is 4.79 Å². The minimum Gasteiger partial charge on any atom is -0.465 e. The average molecular weight is 462 g/mol. The molecule has 1 aromatic heterocycles. The van der Waals surface area contributed by atoms with Gasteiger partial charge in [-0.05, 0) is 36.2 Å². The standard InChI is InChI=1S/C24H31NO6S/c1-3-4-5-6-20(26)16-7-9-17(10-8-16)25-19(21(27)13-23(25)28)15-31-14-18-11-12-22(32-18)24(29)30-2/h7-12,19-21,26-27H,3-6,13-15H2,1-2H3/t19-,20?,21?/m0/s1. The van der Waals surface area contributed by atoms with Gasteiger partial charge in [0.15, 0.2) is 0 Å². The molecule has 1 aliphatic heterocycles. The Kier molecular flexibility index (Phi) is 8.81. The first-order valence-corrected chi connectivity index (χ1v) is 11.8. The molecule has 1 saturated heterocycles. The molecule has 0 bridgehead atoms. The summed E-state index contributed by atoms with van der Waals surface area (Å²) in [6, 6.07) is 10.3. The third kappa shape index (κ3) is 5.95. The van der Waals surface area contributed by atoms with Gasteiger partial charge in [-0.15, -0.1) is 11.3 Å². The average Bonchev–Trinajstić information content (AvgIpc) is 3.37. The van der Waals surface area contributed by atoms with E-state index in [0.717, 1.165) is 29.7 Å². The second-order valence-corrected chi connectivity index (χ2v) is 9.15. The van der Waals surface area contributed by atoms with E-state index in [0.29, 0.717) is 17.0 Å². The number of aliphatic hydroxyl groups is 2. The van der Waals surface area contributed by atoms with E-state index < -0.39 is 18.2 Å². The Morgan fingerprint density at radius 1 is 1.22 bits per heavy atom. The topological polar surface area (TPSA) is 96.3 Å². The summed E-state index contributed by atoms with van der Waals surface area (Å²) in [6.45, 7) is 2.57. The fraction of sp³-hybridized carbons (Fsp3) is 0.500. The number of thiophene rings is 1. The summed E-state index contributed by atoms with van der Waals surface area (Å²) in [5, 5.41) is 20.8. The Balaban J connectivity index is 1.60. The monoisotopic (exact) mass is 461 g/mol. The lowest BCUT2D eigenvalue weighted by Gasteiger charge is -2.26. The highest BCUT2D eigenvalue weighted by atomic mass is 32.1. The predicted octanol–water partition coefficient (Wildman–Crippen LogP) is 3.83. The molecule has 1 aromatic carbocycles. The number of ether oxygens (including phenoxy) is 2. The summed E-state index contributed by atoms with van der Waals surface area (Å²) in [5.41, 5.74) is 1.50. The number of methoxy groups -OCH3 is 1. The Morgan fingerprint density at radius 3 is 2.66 bits per heavy atom. The molecule has 174 valence electrons. The zero-order chi connectivity index (χ0) is 23.1. The molecule has 3 atom stereocenters. The van der Waals surface area contributed by atoms with Crippen LogP contribution in [0.4, 0.5) is 5.69 Å². The number of hydrogen-bond donors (Lipinski definition) is 2. The first kappa shape index (κ1) is 24.4. The number of nitrogens with zero attached hydrogens (tertiary/aromatic N) is 1. The first-order valence-electron chi connectivity index (χ1n) is 11.0. The van der Waals surface area contributed by atoms with Crippen LogP contribution in [0.25, 0.3) is 0 Å². The Bertz CT molecular complexity index is 896. The van der Waals surface area contributed by atoms with E-state index in [9.17, 15) is 19.8 Å². The molecule has 2 N–H and O–H groups in total. The van der Waals surface area contributed by atoms with Gasteiger partial charge >= 0.3 is 5.97 Å². The minimum absolute atomic E-state index is 0.0426. The van der Waals surface area contributed by atoms with Gasteiger partial charge in [-0.2, -0.15) is 0 Å². The molecular formula is C24H31NO6S.